The first-order chi connectivity index (χ1) is 12.0. The molecule has 8 heteroatoms. The Morgan fingerprint density at radius 1 is 1.12 bits per heavy atom. The summed E-state index contributed by atoms with van der Waals surface area (Å²) in [5.74, 6) is 0.527. The lowest BCUT2D eigenvalue weighted by molar-refractivity contribution is 0.0730. The zero-order valence-electron chi connectivity index (χ0n) is 13.8. The normalized spacial score (nSPS) is 15.7. The lowest BCUT2D eigenvalue weighted by atomic mass is 10.1. The van der Waals surface area contributed by atoms with Crippen molar-refractivity contribution in [1.29, 1.82) is 0 Å². The van der Waals surface area contributed by atoms with Gasteiger partial charge in [0.05, 0.1) is 13.2 Å². The third-order valence-electron chi connectivity index (χ3n) is 3.91. The molecule has 0 spiro atoms. The van der Waals surface area contributed by atoms with E-state index < -0.39 is 10.0 Å². The van der Waals surface area contributed by atoms with E-state index in [2.05, 4.69) is 10.3 Å². The van der Waals surface area contributed by atoms with Gasteiger partial charge in [-0.05, 0) is 43.3 Å². The number of benzene rings is 1. The Labute approximate surface area is 146 Å². The molecule has 1 aromatic heterocycles. The maximum Gasteiger partial charge on any atom is 0.244 e. The van der Waals surface area contributed by atoms with Crippen molar-refractivity contribution in [2.24, 2.45) is 0 Å². The standard InChI is InChI=1S/C17H19N3O4S/c1-13(21)14-2-4-15(5-3-14)19-17-7-6-16(12-18-17)25(22,23)20-8-10-24-11-9-20/h2-7,12H,8-11H2,1H3,(H,18,19). The highest BCUT2D eigenvalue weighted by Gasteiger charge is 2.26. The number of nitrogens with one attached hydrogen (secondary N) is 1. The molecule has 132 valence electrons. The first-order valence-electron chi connectivity index (χ1n) is 7.89. The molecule has 7 nitrogen and oxygen atoms in total. The van der Waals surface area contributed by atoms with E-state index in [1.54, 1.807) is 30.3 Å². The minimum Gasteiger partial charge on any atom is -0.379 e. The number of morpholine rings is 1. The Balaban J connectivity index is 1.72. The van der Waals surface area contributed by atoms with Crippen LogP contribution in [0.25, 0.3) is 0 Å². The van der Waals surface area contributed by atoms with Crippen molar-refractivity contribution in [2.75, 3.05) is 31.6 Å². The number of sulfonamides is 1. The first kappa shape index (κ1) is 17.5. The summed E-state index contributed by atoms with van der Waals surface area (Å²) in [6, 6.07) is 10.1. The Bertz CT molecular complexity index is 842. The smallest absolute Gasteiger partial charge is 0.244 e. The van der Waals surface area contributed by atoms with Gasteiger partial charge in [0.15, 0.2) is 5.78 Å². The maximum absolute atomic E-state index is 12.5. The second kappa shape index (κ2) is 7.30. The first-order valence-corrected chi connectivity index (χ1v) is 9.33. The van der Waals surface area contributed by atoms with Crippen LogP contribution in [0.5, 0.6) is 0 Å². The van der Waals surface area contributed by atoms with Crippen LogP contribution in [-0.2, 0) is 14.8 Å². The molecule has 2 aromatic rings. The number of ether oxygens (including phenoxy) is 1. The second-order valence-corrected chi connectivity index (χ2v) is 7.59. The Morgan fingerprint density at radius 2 is 1.80 bits per heavy atom. The van der Waals surface area contributed by atoms with Crippen LogP contribution in [0.1, 0.15) is 17.3 Å². The molecule has 0 atom stereocenters. The highest BCUT2D eigenvalue weighted by atomic mass is 32.2. The van der Waals surface area contributed by atoms with E-state index in [1.165, 1.54) is 23.5 Å². The van der Waals surface area contributed by atoms with Crippen molar-refractivity contribution in [3.8, 4) is 0 Å². The Kier molecular flexibility index (Phi) is 5.12. The van der Waals surface area contributed by atoms with Crippen LogP contribution < -0.4 is 5.32 Å². The summed E-state index contributed by atoms with van der Waals surface area (Å²) in [5.41, 5.74) is 1.40. The van der Waals surface area contributed by atoms with Crippen LogP contribution in [0.4, 0.5) is 11.5 Å². The van der Waals surface area contributed by atoms with Gasteiger partial charge in [-0.1, -0.05) is 0 Å². The molecule has 1 aliphatic heterocycles. The number of ketones is 1. The molecule has 1 aliphatic rings. The van der Waals surface area contributed by atoms with Crippen LogP contribution >= 0.6 is 0 Å². The highest BCUT2D eigenvalue weighted by molar-refractivity contribution is 7.89. The van der Waals surface area contributed by atoms with E-state index in [0.717, 1.165) is 5.69 Å². The third-order valence-corrected chi connectivity index (χ3v) is 5.79. The van der Waals surface area contributed by atoms with E-state index >= 15 is 0 Å². The summed E-state index contributed by atoms with van der Waals surface area (Å²) in [7, 11) is -3.54. The fourth-order valence-corrected chi connectivity index (χ4v) is 3.83. The number of nitrogens with zero attached hydrogens (tertiary/aromatic N) is 2. The fraction of sp³-hybridized carbons (Fsp3) is 0.294. The fourth-order valence-electron chi connectivity index (χ4n) is 2.48. The lowest BCUT2D eigenvalue weighted by Crippen LogP contribution is -2.40. The van der Waals surface area contributed by atoms with Gasteiger partial charge in [-0.15, -0.1) is 0 Å². The molecule has 1 aromatic carbocycles. The number of hydrogen-bond donors (Lipinski definition) is 1. The van der Waals surface area contributed by atoms with Crippen molar-refractivity contribution < 1.29 is 17.9 Å². The molecule has 2 heterocycles. The zero-order chi connectivity index (χ0) is 17.9. The third kappa shape index (κ3) is 4.04. The van der Waals surface area contributed by atoms with Gasteiger partial charge in [0, 0.05) is 30.5 Å². The quantitative estimate of drug-likeness (QED) is 0.820. The number of Topliss-reactive ketones (excluding diaryl/α,β-unsaturated/α-hetero) is 1. The number of carbonyl (C=O) groups is 1. The van der Waals surface area contributed by atoms with Gasteiger partial charge in [0.1, 0.15) is 10.7 Å². The topological polar surface area (TPSA) is 88.6 Å². The molecule has 25 heavy (non-hydrogen) atoms. The van der Waals surface area contributed by atoms with Crippen molar-refractivity contribution >= 4 is 27.3 Å². The van der Waals surface area contributed by atoms with Crippen LogP contribution in [0.15, 0.2) is 47.5 Å². The summed E-state index contributed by atoms with van der Waals surface area (Å²) in [6.45, 7) is 3.03. The zero-order valence-corrected chi connectivity index (χ0v) is 14.6. The highest BCUT2D eigenvalue weighted by Crippen LogP contribution is 2.20. The number of carbonyl (C=O) groups excluding carboxylic acids is 1. The van der Waals surface area contributed by atoms with Crippen LogP contribution in [0.3, 0.4) is 0 Å². The van der Waals surface area contributed by atoms with E-state index in [4.69, 9.17) is 4.74 Å². The number of anilines is 2. The Hall–Kier alpha value is -2.29. The van der Waals surface area contributed by atoms with E-state index in [1.807, 2.05) is 0 Å². The van der Waals surface area contributed by atoms with E-state index in [0.29, 0.717) is 37.7 Å². The van der Waals surface area contributed by atoms with Gasteiger partial charge in [0.25, 0.3) is 0 Å². The molecule has 0 bridgehead atoms. The maximum atomic E-state index is 12.5. The van der Waals surface area contributed by atoms with E-state index in [9.17, 15) is 13.2 Å². The van der Waals surface area contributed by atoms with Gasteiger partial charge in [0.2, 0.25) is 10.0 Å². The van der Waals surface area contributed by atoms with Gasteiger partial charge in [-0.3, -0.25) is 4.79 Å². The van der Waals surface area contributed by atoms with Crippen LogP contribution in [0.2, 0.25) is 0 Å². The SMILES string of the molecule is CC(=O)c1ccc(Nc2ccc(S(=O)(=O)N3CCOCC3)cn2)cc1. The van der Waals surface area contributed by atoms with Gasteiger partial charge in [-0.25, -0.2) is 13.4 Å². The molecule has 0 unspecified atom stereocenters. The van der Waals surface area contributed by atoms with Crippen LogP contribution in [-0.4, -0.2) is 49.8 Å². The monoisotopic (exact) mass is 361 g/mol. The summed E-state index contributed by atoms with van der Waals surface area (Å²) in [5, 5.41) is 3.08. The van der Waals surface area contributed by atoms with Crippen molar-refractivity contribution in [3.05, 3.63) is 48.2 Å². The van der Waals surface area contributed by atoms with E-state index in [-0.39, 0.29) is 10.7 Å². The summed E-state index contributed by atoms with van der Waals surface area (Å²) in [6.07, 6.45) is 1.34. The Morgan fingerprint density at radius 3 is 2.36 bits per heavy atom. The molecular weight excluding hydrogens is 342 g/mol. The predicted octanol–water partition coefficient (Wildman–Crippen LogP) is 2.05. The summed E-state index contributed by atoms with van der Waals surface area (Å²) < 4.78 is 31.7. The van der Waals surface area contributed by atoms with Crippen molar-refractivity contribution in [2.45, 2.75) is 11.8 Å². The second-order valence-electron chi connectivity index (χ2n) is 5.65. The average Bonchev–Trinajstić information content (AvgIpc) is 2.63. The molecule has 3 rings (SSSR count). The molecule has 1 saturated heterocycles. The molecule has 0 amide bonds. The number of rotatable bonds is 5. The number of pyridine rings is 1. The van der Waals surface area contributed by atoms with Gasteiger partial charge in [-0.2, -0.15) is 4.31 Å². The lowest BCUT2D eigenvalue weighted by Gasteiger charge is -2.25. The van der Waals surface area contributed by atoms with Crippen molar-refractivity contribution in [1.82, 2.24) is 9.29 Å². The molecule has 1 fully saturated rings. The number of aromatic nitrogens is 1. The predicted molar refractivity (Wildman–Crippen MR) is 93.5 cm³/mol. The molecule has 0 radical (unpaired) electrons. The number of hydrogen-bond acceptors (Lipinski definition) is 6. The minimum absolute atomic E-state index is 0.00217. The minimum atomic E-state index is -3.54. The van der Waals surface area contributed by atoms with Gasteiger partial charge < -0.3 is 10.1 Å². The molecular formula is C17H19N3O4S. The largest absolute Gasteiger partial charge is 0.379 e. The molecule has 1 N–H and O–H groups in total. The summed E-state index contributed by atoms with van der Waals surface area (Å²) >= 11 is 0. The molecule has 0 saturated carbocycles. The van der Waals surface area contributed by atoms with Crippen molar-refractivity contribution in [3.63, 3.8) is 0 Å². The summed E-state index contributed by atoms with van der Waals surface area (Å²) in [4.78, 5) is 15.6. The average molecular weight is 361 g/mol. The molecule has 0 aliphatic carbocycles. The van der Waals surface area contributed by atoms with Crippen LogP contribution in [0, 0.1) is 0 Å². The van der Waals surface area contributed by atoms with Gasteiger partial charge >= 0.3 is 0 Å².